The molecule has 6 rings (SSSR count). The third kappa shape index (κ3) is 4.86. The third-order valence-corrected chi connectivity index (χ3v) is 7.99. The van der Waals surface area contributed by atoms with Crippen molar-refractivity contribution in [1.82, 2.24) is 9.88 Å². The first kappa shape index (κ1) is 22.2. The minimum absolute atomic E-state index is 0.182. The topological polar surface area (TPSA) is 48.9 Å². The lowest BCUT2D eigenvalue weighted by molar-refractivity contribution is -0.127. The standard InChI is InChI=1S/C27H36N4O2/c1-33-25-7-3-2-6-24(25)30-17-14-29(15-18-30)16-19-31(26-8-4-5-13-28-26)27(32)23-20-21-9-11-22(23)12-10-21/h2-8,13,21-23H,9-12,14-20H2,1H3. The predicted molar refractivity (Wildman–Crippen MR) is 132 cm³/mol. The molecule has 1 atom stereocenters. The maximum absolute atomic E-state index is 13.7. The minimum Gasteiger partial charge on any atom is -0.495 e. The van der Waals surface area contributed by atoms with Crippen molar-refractivity contribution in [2.75, 3.05) is 56.2 Å². The molecule has 1 aliphatic heterocycles. The Kier molecular flexibility index (Phi) is 6.81. The Morgan fingerprint density at radius 2 is 1.79 bits per heavy atom. The van der Waals surface area contributed by atoms with E-state index in [0.29, 0.717) is 18.4 Å². The first-order valence-corrected chi connectivity index (χ1v) is 12.6. The monoisotopic (exact) mass is 448 g/mol. The summed E-state index contributed by atoms with van der Waals surface area (Å²) in [6.45, 7) is 5.47. The number of para-hydroxylation sites is 2. The molecular weight excluding hydrogens is 412 g/mol. The number of carbonyl (C=O) groups is 1. The Balaban J connectivity index is 1.22. The Hall–Kier alpha value is -2.60. The van der Waals surface area contributed by atoms with Gasteiger partial charge in [-0.15, -0.1) is 0 Å². The number of amides is 1. The van der Waals surface area contributed by atoms with E-state index < -0.39 is 0 Å². The van der Waals surface area contributed by atoms with E-state index in [1.54, 1.807) is 13.3 Å². The zero-order valence-electron chi connectivity index (χ0n) is 19.7. The summed E-state index contributed by atoms with van der Waals surface area (Å²) >= 11 is 0. The number of ether oxygens (including phenoxy) is 1. The Morgan fingerprint density at radius 1 is 1.03 bits per heavy atom. The molecule has 1 amide bonds. The lowest BCUT2D eigenvalue weighted by Gasteiger charge is -2.43. The van der Waals surface area contributed by atoms with Gasteiger partial charge in [0.15, 0.2) is 0 Å². The highest BCUT2D eigenvalue weighted by Gasteiger charge is 2.41. The van der Waals surface area contributed by atoms with Gasteiger partial charge in [0.2, 0.25) is 5.91 Å². The van der Waals surface area contributed by atoms with Crippen molar-refractivity contribution in [2.24, 2.45) is 17.8 Å². The molecule has 1 aromatic heterocycles. The summed E-state index contributed by atoms with van der Waals surface area (Å²) in [5.74, 6) is 3.53. The Labute approximate surface area is 197 Å². The summed E-state index contributed by atoms with van der Waals surface area (Å²) in [7, 11) is 1.73. The van der Waals surface area contributed by atoms with Gasteiger partial charge in [-0.3, -0.25) is 14.6 Å². The fraction of sp³-hybridized carbons (Fsp3) is 0.556. The number of hydrogen-bond donors (Lipinski definition) is 0. The van der Waals surface area contributed by atoms with Crippen LogP contribution >= 0.6 is 0 Å². The molecule has 6 nitrogen and oxygen atoms in total. The number of pyridine rings is 1. The highest BCUT2D eigenvalue weighted by Crippen LogP contribution is 2.45. The lowest BCUT2D eigenvalue weighted by atomic mass is 9.64. The first-order chi connectivity index (χ1) is 16.2. The van der Waals surface area contributed by atoms with Crippen LogP contribution in [0.3, 0.4) is 0 Å². The molecule has 4 fully saturated rings. The molecule has 1 unspecified atom stereocenters. The van der Waals surface area contributed by atoms with Crippen molar-refractivity contribution in [2.45, 2.75) is 32.1 Å². The smallest absolute Gasteiger partial charge is 0.231 e. The molecule has 33 heavy (non-hydrogen) atoms. The molecule has 1 saturated heterocycles. The molecule has 176 valence electrons. The van der Waals surface area contributed by atoms with Gasteiger partial charge in [0.25, 0.3) is 0 Å². The van der Waals surface area contributed by atoms with E-state index in [9.17, 15) is 4.79 Å². The van der Waals surface area contributed by atoms with Crippen LogP contribution in [0.1, 0.15) is 32.1 Å². The van der Waals surface area contributed by atoms with Crippen molar-refractivity contribution >= 4 is 17.4 Å². The Bertz CT molecular complexity index is 921. The van der Waals surface area contributed by atoms with Crippen LogP contribution in [-0.4, -0.2) is 62.2 Å². The molecule has 0 spiro atoms. The summed E-state index contributed by atoms with van der Waals surface area (Å²) in [6.07, 6.45) is 7.95. The lowest BCUT2D eigenvalue weighted by Crippen LogP contribution is -2.51. The van der Waals surface area contributed by atoms with Gasteiger partial charge in [0.1, 0.15) is 11.6 Å². The summed E-state index contributed by atoms with van der Waals surface area (Å²) in [5, 5.41) is 0. The van der Waals surface area contributed by atoms with E-state index in [4.69, 9.17) is 4.74 Å². The molecule has 3 saturated carbocycles. The van der Waals surface area contributed by atoms with E-state index in [-0.39, 0.29) is 5.92 Å². The van der Waals surface area contributed by atoms with Gasteiger partial charge in [-0.25, -0.2) is 4.98 Å². The maximum Gasteiger partial charge on any atom is 0.231 e. The van der Waals surface area contributed by atoms with Crippen molar-refractivity contribution in [3.63, 3.8) is 0 Å². The van der Waals surface area contributed by atoms with Crippen molar-refractivity contribution in [3.8, 4) is 5.75 Å². The van der Waals surface area contributed by atoms with Crippen LogP contribution in [0.25, 0.3) is 0 Å². The van der Waals surface area contributed by atoms with Gasteiger partial charge < -0.3 is 9.64 Å². The van der Waals surface area contributed by atoms with E-state index in [2.05, 4.69) is 26.9 Å². The van der Waals surface area contributed by atoms with Gasteiger partial charge in [0.05, 0.1) is 12.8 Å². The normalized spacial score (nSPS) is 25.1. The van der Waals surface area contributed by atoms with Crippen molar-refractivity contribution in [1.29, 1.82) is 0 Å². The number of rotatable bonds is 7. The molecule has 1 aromatic carbocycles. The third-order valence-electron chi connectivity index (χ3n) is 7.99. The fourth-order valence-electron chi connectivity index (χ4n) is 6.08. The maximum atomic E-state index is 13.7. The van der Waals surface area contributed by atoms with Crippen LogP contribution < -0.4 is 14.5 Å². The molecule has 2 bridgehead atoms. The van der Waals surface area contributed by atoms with Gasteiger partial charge in [0, 0.05) is 51.4 Å². The number of hydrogen-bond acceptors (Lipinski definition) is 5. The second-order valence-corrected chi connectivity index (χ2v) is 9.80. The average Bonchev–Trinajstić information content (AvgIpc) is 2.90. The van der Waals surface area contributed by atoms with E-state index in [1.165, 1.54) is 25.7 Å². The minimum atomic E-state index is 0.182. The molecular formula is C27H36N4O2. The van der Waals surface area contributed by atoms with Crippen LogP contribution in [0.4, 0.5) is 11.5 Å². The van der Waals surface area contributed by atoms with Gasteiger partial charge in [-0.1, -0.05) is 31.0 Å². The van der Waals surface area contributed by atoms with Crippen molar-refractivity contribution < 1.29 is 9.53 Å². The summed E-state index contributed by atoms with van der Waals surface area (Å²) in [5.41, 5.74) is 1.16. The number of carbonyl (C=O) groups excluding carboxylic acids is 1. The zero-order chi connectivity index (χ0) is 22.6. The number of piperazine rings is 1. The molecule has 6 heteroatoms. The SMILES string of the molecule is COc1ccccc1N1CCN(CCN(C(=O)C2CC3CCC2CC3)c2ccccn2)CC1. The number of anilines is 2. The number of aromatic nitrogens is 1. The van der Waals surface area contributed by atoms with E-state index >= 15 is 0 Å². The van der Waals surface area contributed by atoms with Gasteiger partial charge in [-0.05, 0) is 55.4 Å². The van der Waals surface area contributed by atoms with Crippen LogP contribution in [0.2, 0.25) is 0 Å². The second-order valence-electron chi connectivity index (χ2n) is 9.80. The van der Waals surface area contributed by atoms with E-state index in [1.807, 2.05) is 35.2 Å². The highest BCUT2D eigenvalue weighted by atomic mass is 16.5. The molecule has 0 radical (unpaired) electrons. The number of nitrogens with zero attached hydrogens (tertiary/aromatic N) is 4. The van der Waals surface area contributed by atoms with Gasteiger partial charge >= 0.3 is 0 Å². The van der Waals surface area contributed by atoms with Crippen LogP contribution in [0, 0.1) is 17.8 Å². The molecule has 4 aliphatic rings. The zero-order valence-corrected chi connectivity index (χ0v) is 19.7. The fourth-order valence-corrected chi connectivity index (χ4v) is 6.08. The van der Waals surface area contributed by atoms with Crippen LogP contribution in [0.15, 0.2) is 48.7 Å². The number of fused-ring (bicyclic) bond motifs is 3. The van der Waals surface area contributed by atoms with Crippen LogP contribution in [0.5, 0.6) is 5.75 Å². The van der Waals surface area contributed by atoms with Crippen molar-refractivity contribution in [3.05, 3.63) is 48.7 Å². The van der Waals surface area contributed by atoms with Crippen LogP contribution in [-0.2, 0) is 4.79 Å². The first-order valence-electron chi connectivity index (χ1n) is 12.6. The Morgan fingerprint density at radius 3 is 2.45 bits per heavy atom. The molecule has 2 aromatic rings. The molecule has 3 aliphatic carbocycles. The summed E-state index contributed by atoms with van der Waals surface area (Å²) in [4.78, 5) is 25.1. The van der Waals surface area contributed by atoms with E-state index in [0.717, 1.165) is 62.3 Å². The number of methoxy groups -OCH3 is 1. The highest BCUT2D eigenvalue weighted by molar-refractivity contribution is 5.94. The average molecular weight is 449 g/mol. The largest absolute Gasteiger partial charge is 0.495 e. The summed E-state index contributed by atoms with van der Waals surface area (Å²) in [6, 6.07) is 14.1. The second kappa shape index (κ2) is 10.1. The number of benzene rings is 1. The molecule has 2 heterocycles. The van der Waals surface area contributed by atoms with Gasteiger partial charge in [-0.2, -0.15) is 0 Å². The summed E-state index contributed by atoms with van der Waals surface area (Å²) < 4.78 is 5.55. The quantitative estimate of drug-likeness (QED) is 0.639. The predicted octanol–water partition coefficient (Wildman–Crippen LogP) is 4.07. The molecule has 0 N–H and O–H groups in total.